The lowest BCUT2D eigenvalue weighted by atomic mass is 9.89. The molecule has 3 rings (SSSR count). The van der Waals surface area contributed by atoms with Crippen molar-refractivity contribution in [3.8, 4) is 0 Å². The predicted molar refractivity (Wildman–Crippen MR) is 51.5 cm³/mol. The first kappa shape index (κ1) is 8.25. The molecule has 0 bridgehead atoms. The van der Waals surface area contributed by atoms with Crippen LogP contribution in [-0.4, -0.2) is 26.3 Å². The third-order valence-electron chi connectivity index (χ3n) is 4.32. The Morgan fingerprint density at radius 3 is 2.31 bits per heavy atom. The maximum absolute atomic E-state index is 5.48. The second kappa shape index (κ2) is 3.25. The van der Waals surface area contributed by atoms with E-state index in [0.717, 1.165) is 36.9 Å². The number of nitrogens with one attached hydrogen (secondary N) is 1. The molecule has 0 spiro atoms. The Bertz CT molecular complexity index is 177. The van der Waals surface area contributed by atoms with E-state index in [1.165, 1.54) is 32.4 Å². The van der Waals surface area contributed by atoms with E-state index < -0.39 is 0 Å². The fourth-order valence-electron chi connectivity index (χ4n) is 3.52. The van der Waals surface area contributed by atoms with E-state index in [9.17, 15) is 0 Å². The fourth-order valence-corrected chi connectivity index (χ4v) is 3.52. The van der Waals surface area contributed by atoms with Gasteiger partial charge in [-0.3, -0.25) is 0 Å². The molecule has 1 aliphatic carbocycles. The van der Waals surface area contributed by atoms with Crippen LogP contribution in [0, 0.1) is 23.7 Å². The fraction of sp³-hybridized carbons (Fsp3) is 1.00. The third-order valence-corrected chi connectivity index (χ3v) is 4.32. The summed E-state index contributed by atoms with van der Waals surface area (Å²) in [5, 5.41) is 3.50. The van der Waals surface area contributed by atoms with Crippen LogP contribution >= 0.6 is 0 Å². The molecular weight excluding hydrogens is 162 g/mol. The molecule has 3 unspecified atom stereocenters. The zero-order valence-corrected chi connectivity index (χ0v) is 8.17. The lowest BCUT2D eigenvalue weighted by molar-refractivity contribution is 0.171. The Hall–Kier alpha value is -0.0800. The van der Waals surface area contributed by atoms with Crippen LogP contribution in [0.25, 0.3) is 0 Å². The van der Waals surface area contributed by atoms with Crippen molar-refractivity contribution < 1.29 is 4.74 Å². The summed E-state index contributed by atoms with van der Waals surface area (Å²) in [6, 6.07) is 0. The first-order chi connectivity index (χ1) is 6.43. The molecule has 3 fully saturated rings. The Labute approximate surface area is 80.0 Å². The smallest absolute Gasteiger partial charge is 0.0497 e. The zero-order chi connectivity index (χ0) is 8.67. The minimum atomic E-state index is 0.908. The minimum absolute atomic E-state index is 0.908. The van der Waals surface area contributed by atoms with Gasteiger partial charge in [0.05, 0.1) is 0 Å². The van der Waals surface area contributed by atoms with E-state index in [1.54, 1.807) is 0 Å². The molecule has 2 nitrogen and oxygen atoms in total. The number of hydrogen-bond donors (Lipinski definition) is 1. The van der Waals surface area contributed by atoms with Crippen molar-refractivity contribution in [1.29, 1.82) is 0 Å². The molecular formula is C11H19NO. The number of ether oxygens (including phenoxy) is 1. The summed E-state index contributed by atoms with van der Waals surface area (Å²) in [4.78, 5) is 0. The molecule has 1 N–H and O–H groups in total. The van der Waals surface area contributed by atoms with Crippen LogP contribution in [0.2, 0.25) is 0 Å². The van der Waals surface area contributed by atoms with E-state index in [-0.39, 0.29) is 0 Å². The summed E-state index contributed by atoms with van der Waals surface area (Å²) >= 11 is 0. The third kappa shape index (κ3) is 1.40. The standard InChI is InChI=1S/C11H19NO/c1-2-13-7-8(1)9-3-10-5-12-6-11(10)4-9/h8-12H,1-7H2. The summed E-state index contributed by atoms with van der Waals surface area (Å²) in [7, 11) is 0. The quantitative estimate of drug-likeness (QED) is 0.657. The summed E-state index contributed by atoms with van der Waals surface area (Å²) in [6.45, 7) is 4.65. The minimum Gasteiger partial charge on any atom is -0.381 e. The lowest BCUT2D eigenvalue weighted by Gasteiger charge is -2.17. The topological polar surface area (TPSA) is 21.3 Å². The van der Waals surface area contributed by atoms with Gasteiger partial charge < -0.3 is 10.1 Å². The number of hydrogen-bond acceptors (Lipinski definition) is 2. The van der Waals surface area contributed by atoms with Crippen LogP contribution < -0.4 is 5.32 Å². The molecule has 2 saturated heterocycles. The van der Waals surface area contributed by atoms with Gasteiger partial charge in [-0.1, -0.05) is 0 Å². The van der Waals surface area contributed by atoms with Gasteiger partial charge in [-0.2, -0.15) is 0 Å². The molecule has 3 aliphatic rings. The molecule has 13 heavy (non-hydrogen) atoms. The predicted octanol–water partition coefficient (Wildman–Crippen LogP) is 1.27. The number of fused-ring (bicyclic) bond motifs is 1. The van der Waals surface area contributed by atoms with Gasteiger partial charge >= 0.3 is 0 Å². The van der Waals surface area contributed by atoms with Gasteiger partial charge in [0, 0.05) is 13.2 Å². The summed E-state index contributed by atoms with van der Waals surface area (Å²) in [5.74, 6) is 3.92. The SMILES string of the molecule is C1CC(C2CC3CNCC3C2)CO1. The van der Waals surface area contributed by atoms with Gasteiger partial charge in [-0.25, -0.2) is 0 Å². The van der Waals surface area contributed by atoms with Gasteiger partial charge in [-0.15, -0.1) is 0 Å². The Morgan fingerprint density at radius 2 is 1.69 bits per heavy atom. The highest BCUT2D eigenvalue weighted by molar-refractivity contribution is 4.93. The molecule has 1 saturated carbocycles. The molecule has 74 valence electrons. The van der Waals surface area contributed by atoms with E-state index in [0.29, 0.717) is 0 Å². The molecule has 0 aromatic carbocycles. The monoisotopic (exact) mass is 181 g/mol. The van der Waals surface area contributed by atoms with E-state index in [4.69, 9.17) is 4.74 Å². The largest absolute Gasteiger partial charge is 0.381 e. The van der Waals surface area contributed by atoms with Gasteiger partial charge in [-0.05, 0) is 56.0 Å². The van der Waals surface area contributed by atoms with Crippen LogP contribution in [0.3, 0.4) is 0 Å². The van der Waals surface area contributed by atoms with Crippen LogP contribution in [0.15, 0.2) is 0 Å². The highest BCUT2D eigenvalue weighted by Crippen LogP contribution is 2.43. The van der Waals surface area contributed by atoms with Crippen LogP contribution in [0.1, 0.15) is 19.3 Å². The van der Waals surface area contributed by atoms with Gasteiger partial charge in [0.1, 0.15) is 0 Å². The van der Waals surface area contributed by atoms with Crippen molar-refractivity contribution in [3.63, 3.8) is 0 Å². The number of rotatable bonds is 1. The lowest BCUT2D eigenvalue weighted by Crippen LogP contribution is -2.17. The van der Waals surface area contributed by atoms with E-state index in [1.807, 2.05) is 0 Å². The molecule has 0 aromatic rings. The average molecular weight is 181 g/mol. The average Bonchev–Trinajstić information content (AvgIpc) is 2.78. The van der Waals surface area contributed by atoms with E-state index in [2.05, 4.69) is 5.32 Å². The van der Waals surface area contributed by atoms with Crippen molar-refractivity contribution in [3.05, 3.63) is 0 Å². The maximum atomic E-state index is 5.48. The highest BCUT2D eigenvalue weighted by atomic mass is 16.5. The molecule has 2 heteroatoms. The zero-order valence-electron chi connectivity index (χ0n) is 8.17. The Kier molecular flexibility index (Phi) is 2.06. The van der Waals surface area contributed by atoms with Crippen LogP contribution in [0.5, 0.6) is 0 Å². The Morgan fingerprint density at radius 1 is 0.923 bits per heavy atom. The summed E-state index contributed by atoms with van der Waals surface area (Å²) in [5.41, 5.74) is 0. The van der Waals surface area contributed by atoms with Gasteiger partial charge in [0.2, 0.25) is 0 Å². The normalized spacial score (nSPS) is 49.8. The maximum Gasteiger partial charge on any atom is 0.0497 e. The van der Waals surface area contributed by atoms with Crippen molar-refractivity contribution >= 4 is 0 Å². The first-order valence-corrected chi connectivity index (χ1v) is 5.72. The van der Waals surface area contributed by atoms with Crippen LogP contribution in [0.4, 0.5) is 0 Å². The molecule has 2 aliphatic heterocycles. The highest BCUT2D eigenvalue weighted by Gasteiger charge is 2.40. The second-order valence-corrected chi connectivity index (χ2v) is 5.03. The molecule has 0 aromatic heterocycles. The Balaban J connectivity index is 1.62. The molecule has 3 atom stereocenters. The van der Waals surface area contributed by atoms with Gasteiger partial charge in [0.25, 0.3) is 0 Å². The molecule has 0 amide bonds. The summed E-state index contributed by atoms with van der Waals surface area (Å²) in [6.07, 6.45) is 4.29. The van der Waals surface area contributed by atoms with E-state index >= 15 is 0 Å². The second-order valence-electron chi connectivity index (χ2n) is 5.03. The van der Waals surface area contributed by atoms with Crippen molar-refractivity contribution in [2.24, 2.45) is 23.7 Å². The van der Waals surface area contributed by atoms with Crippen LogP contribution in [-0.2, 0) is 4.74 Å². The van der Waals surface area contributed by atoms with Crippen molar-refractivity contribution in [2.45, 2.75) is 19.3 Å². The summed E-state index contributed by atoms with van der Waals surface area (Å²) < 4.78 is 5.48. The van der Waals surface area contributed by atoms with Gasteiger partial charge in [0.15, 0.2) is 0 Å². The molecule has 0 radical (unpaired) electrons. The van der Waals surface area contributed by atoms with Crippen molar-refractivity contribution in [1.82, 2.24) is 5.32 Å². The first-order valence-electron chi connectivity index (χ1n) is 5.72. The molecule has 2 heterocycles. The van der Waals surface area contributed by atoms with Crippen molar-refractivity contribution in [2.75, 3.05) is 26.3 Å².